The summed E-state index contributed by atoms with van der Waals surface area (Å²) in [4.78, 5) is 12.0. The summed E-state index contributed by atoms with van der Waals surface area (Å²) in [5, 5.41) is 27.7. The molecule has 0 amide bonds. The smallest absolute Gasteiger partial charge is 0.302 e. The molecule has 0 spiro atoms. The molecule has 0 aliphatic heterocycles. The van der Waals surface area contributed by atoms with E-state index in [4.69, 9.17) is 0 Å². The minimum Gasteiger partial charge on any atom is -0.463 e. The number of para-hydroxylation sites is 1. The molecular weight excluding hydrogens is 262 g/mol. The van der Waals surface area contributed by atoms with Crippen molar-refractivity contribution < 1.29 is 19.7 Å². The average Bonchev–Trinajstić information content (AvgIpc) is 2.94. The second kappa shape index (κ2) is 6.27. The first kappa shape index (κ1) is 14.2. The number of hydrogen-bond acceptors (Lipinski definition) is 6. The zero-order chi connectivity index (χ0) is 14.5. The SMILES string of the molecule is CC(=O)OC[C@@H](O)[C@H](O)c1cnn(-c2ccccc2)n1. The molecule has 1 aromatic heterocycles. The number of carbonyl (C=O) groups is 1. The van der Waals surface area contributed by atoms with Gasteiger partial charge in [0.2, 0.25) is 0 Å². The van der Waals surface area contributed by atoms with Crippen LogP contribution in [0.15, 0.2) is 36.5 Å². The van der Waals surface area contributed by atoms with Crippen molar-refractivity contribution in [2.45, 2.75) is 19.1 Å². The summed E-state index contributed by atoms with van der Waals surface area (Å²) in [6.45, 7) is 0.930. The molecule has 7 heteroatoms. The lowest BCUT2D eigenvalue weighted by molar-refractivity contribution is -0.146. The summed E-state index contributed by atoms with van der Waals surface area (Å²) in [6.07, 6.45) is -1.17. The molecular formula is C13H15N3O4. The Morgan fingerprint density at radius 2 is 2.05 bits per heavy atom. The van der Waals surface area contributed by atoms with E-state index < -0.39 is 18.2 Å². The van der Waals surface area contributed by atoms with Gasteiger partial charge in [0.05, 0.1) is 11.9 Å². The van der Waals surface area contributed by atoms with Gasteiger partial charge in [-0.2, -0.15) is 15.0 Å². The van der Waals surface area contributed by atoms with Crippen LogP contribution in [0.2, 0.25) is 0 Å². The van der Waals surface area contributed by atoms with Crippen LogP contribution in [0.25, 0.3) is 5.69 Å². The molecule has 0 radical (unpaired) electrons. The number of nitrogens with zero attached hydrogens (tertiary/aromatic N) is 3. The molecule has 0 aliphatic rings. The molecule has 7 nitrogen and oxygen atoms in total. The largest absolute Gasteiger partial charge is 0.463 e. The standard InChI is InChI=1S/C13H15N3O4/c1-9(17)20-8-12(18)13(19)11-7-14-16(15-11)10-5-3-2-4-6-10/h2-7,12-13,18-19H,8H2,1H3/t12-,13-/m1/s1. The number of benzene rings is 1. The van der Waals surface area contributed by atoms with E-state index in [1.165, 1.54) is 17.9 Å². The number of rotatable bonds is 5. The van der Waals surface area contributed by atoms with Crippen LogP contribution in [0.5, 0.6) is 0 Å². The first-order valence-corrected chi connectivity index (χ1v) is 6.05. The fourth-order valence-corrected chi connectivity index (χ4v) is 1.59. The zero-order valence-electron chi connectivity index (χ0n) is 10.9. The third kappa shape index (κ3) is 3.40. The molecule has 0 bridgehead atoms. The van der Waals surface area contributed by atoms with Crippen molar-refractivity contribution in [3.63, 3.8) is 0 Å². The number of aromatic nitrogens is 3. The van der Waals surface area contributed by atoms with Gasteiger partial charge in [-0.3, -0.25) is 4.79 Å². The summed E-state index contributed by atoms with van der Waals surface area (Å²) < 4.78 is 4.63. The summed E-state index contributed by atoms with van der Waals surface area (Å²) in [7, 11) is 0. The Morgan fingerprint density at radius 3 is 2.70 bits per heavy atom. The van der Waals surface area contributed by atoms with Gasteiger partial charge >= 0.3 is 5.97 Å². The molecule has 1 heterocycles. The van der Waals surface area contributed by atoms with Crippen molar-refractivity contribution in [3.05, 3.63) is 42.2 Å². The van der Waals surface area contributed by atoms with Gasteiger partial charge in [-0.1, -0.05) is 18.2 Å². The van der Waals surface area contributed by atoms with Gasteiger partial charge in [0.1, 0.15) is 24.5 Å². The van der Waals surface area contributed by atoms with Gasteiger partial charge in [-0.05, 0) is 12.1 Å². The fourth-order valence-electron chi connectivity index (χ4n) is 1.59. The lowest BCUT2D eigenvalue weighted by atomic mass is 10.1. The van der Waals surface area contributed by atoms with E-state index in [0.717, 1.165) is 5.69 Å². The average molecular weight is 277 g/mol. The Balaban J connectivity index is 2.06. The predicted molar refractivity (Wildman–Crippen MR) is 69.0 cm³/mol. The predicted octanol–water partition coefficient (Wildman–Crippen LogP) is 0.225. The van der Waals surface area contributed by atoms with Crippen molar-refractivity contribution in [1.82, 2.24) is 15.0 Å². The maximum atomic E-state index is 10.6. The van der Waals surface area contributed by atoms with Crippen LogP contribution in [0.1, 0.15) is 18.7 Å². The number of aliphatic hydroxyl groups excluding tert-OH is 2. The Labute approximate surface area is 115 Å². The lowest BCUT2D eigenvalue weighted by Crippen LogP contribution is -2.25. The normalized spacial score (nSPS) is 13.8. The highest BCUT2D eigenvalue weighted by Gasteiger charge is 2.22. The van der Waals surface area contributed by atoms with E-state index in [9.17, 15) is 15.0 Å². The first-order valence-electron chi connectivity index (χ1n) is 6.05. The van der Waals surface area contributed by atoms with E-state index in [0.29, 0.717) is 0 Å². The maximum Gasteiger partial charge on any atom is 0.302 e. The van der Waals surface area contributed by atoms with Crippen LogP contribution in [-0.2, 0) is 9.53 Å². The van der Waals surface area contributed by atoms with Crippen LogP contribution in [0.3, 0.4) is 0 Å². The minimum atomic E-state index is -1.27. The molecule has 0 unspecified atom stereocenters. The molecule has 2 atom stereocenters. The number of esters is 1. The molecule has 2 N–H and O–H groups in total. The monoisotopic (exact) mass is 277 g/mol. The summed E-state index contributed by atoms with van der Waals surface area (Å²) in [5.74, 6) is -0.524. The highest BCUT2D eigenvalue weighted by molar-refractivity contribution is 5.65. The molecule has 106 valence electrons. The highest BCUT2D eigenvalue weighted by atomic mass is 16.5. The zero-order valence-corrected chi connectivity index (χ0v) is 10.9. The Hall–Kier alpha value is -2.25. The van der Waals surface area contributed by atoms with Crippen LogP contribution in [-0.4, -0.2) is 43.9 Å². The molecule has 2 aromatic rings. The van der Waals surface area contributed by atoms with E-state index in [-0.39, 0.29) is 12.3 Å². The van der Waals surface area contributed by atoms with Gasteiger partial charge in [0.25, 0.3) is 0 Å². The van der Waals surface area contributed by atoms with Crippen LogP contribution in [0.4, 0.5) is 0 Å². The van der Waals surface area contributed by atoms with E-state index in [2.05, 4.69) is 14.9 Å². The van der Waals surface area contributed by atoms with Gasteiger partial charge in [0.15, 0.2) is 0 Å². The second-order valence-electron chi connectivity index (χ2n) is 4.21. The Morgan fingerprint density at radius 1 is 1.35 bits per heavy atom. The van der Waals surface area contributed by atoms with Crippen LogP contribution < -0.4 is 0 Å². The third-order valence-electron chi connectivity index (χ3n) is 2.62. The summed E-state index contributed by atoms with van der Waals surface area (Å²) in [6, 6.07) is 9.16. The van der Waals surface area contributed by atoms with Crippen molar-refractivity contribution >= 4 is 5.97 Å². The quantitative estimate of drug-likeness (QED) is 0.759. The van der Waals surface area contributed by atoms with Gasteiger partial charge in [-0.15, -0.1) is 0 Å². The van der Waals surface area contributed by atoms with Gasteiger partial charge in [0, 0.05) is 6.92 Å². The number of carbonyl (C=O) groups excluding carboxylic acids is 1. The van der Waals surface area contributed by atoms with E-state index in [1.807, 2.05) is 30.3 Å². The molecule has 0 aliphatic carbocycles. The Kier molecular flexibility index (Phi) is 4.44. The van der Waals surface area contributed by atoms with Gasteiger partial charge in [-0.25, -0.2) is 0 Å². The summed E-state index contributed by atoms with van der Waals surface area (Å²) in [5.41, 5.74) is 0.939. The number of ether oxygens (including phenoxy) is 1. The topological polar surface area (TPSA) is 97.5 Å². The highest BCUT2D eigenvalue weighted by Crippen LogP contribution is 2.15. The van der Waals surface area contributed by atoms with Crippen LogP contribution in [0, 0.1) is 0 Å². The molecule has 0 saturated carbocycles. The second-order valence-corrected chi connectivity index (χ2v) is 4.21. The van der Waals surface area contributed by atoms with Crippen molar-refractivity contribution in [3.8, 4) is 5.69 Å². The fraction of sp³-hybridized carbons (Fsp3) is 0.308. The molecule has 2 rings (SSSR count). The van der Waals surface area contributed by atoms with E-state index in [1.54, 1.807) is 0 Å². The maximum absolute atomic E-state index is 10.6. The van der Waals surface area contributed by atoms with Crippen molar-refractivity contribution in [1.29, 1.82) is 0 Å². The Bertz CT molecular complexity index is 570. The molecule has 20 heavy (non-hydrogen) atoms. The molecule has 0 fully saturated rings. The molecule has 1 aromatic carbocycles. The van der Waals surface area contributed by atoms with Crippen molar-refractivity contribution in [2.75, 3.05) is 6.61 Å². The molecule has 0 saturated heterocycles. The van der Waals surface area contributed by atoms with Crippen molar-refractivity contribution in [2.24, 2.45) is 0 Å². The number of aliphatic hydroxyl groups is 2. The third-order valence-corrected chi connectivity index (χ3v) is 2.62. The van der Waals surface area contributed by atoms with E-state index >= 15 is 0 Å². The van der Waals surface area contributed by atoms with Gasteiger partial charge < -0.3 is 14.9 Å². The van der Waals surface area contributed by atoms with Crippen LogP contribution >= 0.6 is 0 Å². The lowest BCUT2D eigenvalue weighted by Gasteiger charge is -2.14. The number of hydrogen-bond donors (Lipinski definition) is 2. The minimum absolute atomic E-state index is 0.202. The summed E-state index contributed by atoms with van der Waals surface area (Å²) >= 11 is 0. The first-order chi connectivity index (χ1) is 9.58.